The minimum absolute atomic E-state index is 0.127. The number of methoxy groups -OCH3 is 1. The molecule has 2 aliphatic rings. The van der Waals surface area contributed by atoms with Crippen LogP contribution >= 0.6 is 0 Å². The zero-order chi connectivity index (χ0) is 22.1. The molecule has 2 aliphatic heterocycles. The summed E-state index contributed by atoms with van der Waals surface area (Å²) in [6.45, 7) is 5.67. The Labute approximate surface area is 180 Å². The van der Waals surface area contributed by atoms with Gasteiger partial charge in [0.25, 0.3) is 5.56 Å². The van der Waals surface area contributed by atoms with Gasteiger partial charge < -0.3 is 20.3 Å². The van der Waals surface area contributed by atoms with Crippen molar-refractivity contribution < 1.29 is 14.3 Å². The highest BCUT2D eigenvalue weighted by Gasteiger charge is 2.35. The van der Waals surface area contributed by atoms with Crippen molar-refractivity contribution in [1.82, 2.24) is 9.97 Å². The summed E-state index contributed by atoms with van der Waals surface area (Å²) in [5.74, 6) is -0.0249. The fourth-order valence-electron chi connectivity index (χ4n) is 4.09. The second-order valence-electron chi connectivity index (χ2n) is 8.32. The Morgan fingerprint density at radius 1 is 1.26 bits per heavy atom. The van der Waals surface area contributed by atoms with Gasteiger partial charge in [0.15, 0.2) is 0 Å². The third-order valence-electron chi connectivity index (χ3n) is 5.95. The average molecular weight is 425 g/mol. The molecule has 1 atom stereocenters. The van der Waals surface area contributed by atoms with Crippen LogP contribution in [0.4, 0.5) is 17.5 Å². The van der Waals surface area contributed by atoms with Gasteiger partial charge >= 0.3 is 0 Å². The lowest BCUT2D eigenvalue weighted by molar-refractivity contribution is -0.123. The number of fused-ring (bicyclic) bond motifs is 1. The predicted octanol–water partition coefficient (Wildman–Crippen LogP) is 2.39. The van der Waals surface area contributed by atoms with Crippen molar-refractivity contribution in [2.45, 2.75) is 39.0 Å². The van der Waals surface area contributed by atoms with E-state index in [4.69, 9.17) is 4.74 Å². The lowest BCUT2D eigenvalue weighted by atomic mass is 9.92. The third kappa shape index (κ3) is 4.26. The van der Waals surface area contributed by atoms with E-state index in [1.807, 2.05) is 17.9 Å². The van der Waals surface area contributed by atoms with E-state index in [9.17, 15) is 14.4 Å². The molecule has 0 aliphatic carbocycles. The molecule has 9 nitrogen and oxygen atoms in total. The van der Waals surface area contributed by atoms with Crippen LogP contribution < -0.4 is 25.8 Å². The van der Waals surface area contributed by atoms with Crippen LogP contribution in [-0.4, -0.2) is 42.0 Å². The summed E-state index contributed by atoms with van der Waals surface area (Å²) in [5, 5.41) is 5.48. The standard InChI is InChI=1S/C22H27N5O4/c1-12-6-8-27(9-7-12)22-25-19-18(21(30)26-22)14(11-17(28)24-19)20(29)23-15-10-13(2)4-5-16(15)31-3/h4-5,10,12,14H,6-9,11H2,1-3H3,(H,23,29)(H2,24,25,26,28,30). The molecule has 31 heavy (non-hydrogen) atoms. The third-order valence-corrected chi connectivity index (χ3v) is 5.95. The number of H-pyrrole nitrogens is 1. The van der Waals surface area contributed by atoms with Gasteiger partial charge in [0.1, 0.15) is 11.6 Å². The van der Waals surface area contributed by atoms with Gasteiger partial charge in [0, 0.05) is 19.5 Å². The first-order valence-electron chi connectivity index (χ1n) is 10.5. The van der Waals surface area contributed by atoms with Gasteiger partial charge in [0.05, 0.1) is 24.3 Å². The number of anilines is 3. The van der Waals surface area contributed by atoms with E-state index in [2.05, 4.69) is 27.5 Å². The molecular formula is C22H27N5O4. The van der Waals surface area contributed by atoms with E-state index < -0.39 is 17.4 Å². The minimum Gasteiger partial charge on any atom is -0.495 e. The molecule has 164 valence electrons. The summed E-state index contributed by atoms with van der Waals surface area (Å²) in [5.41, 5.74) is 1.20. The molecule has 0 saturated carbocycles. The number of aromatic nitrogens is 2. The highest BCUT2D eigenvalue weighted by atomic mass is 16.5. The van der Waals surface area contributed by atoms with Crippen LogP contribution in [0.5, 0.6) is 5.75 Å². The van der Waals surface area contributed by atoms with E-state index in [1.165, 1.54) is 7.11 Å². The van der Waals surface area contributed by atoms with E-state index >= 15 is 0 Å². The van der Waals surface area contributed by atoms with Gasteiger partial charge in [-0.2, -0.15) is 4.98 Å². The van der Waals surface area contributed by atoms with Crippen molar-refractivity contribution in [3.8, 4) is 5.75 Å². The molecular weight excluding hydrogens is 398 g/mol. The predicted molar refractivity (Wildman–Crippen MR) is 118 cm³/mol. The first-order valence-corrected chi connectivity index (χ1v) is 10.5. The molecule has 1 unspecified atom stereocenters. The summed E-state index contributed by atoms with van der Waals surface area (Å²) < 4.78 is 5.31. The normalized spacial score (nSPS) is 18.9. The smallest absolute Gasteiger partial charge is 0.258 e. The number of rotatable bonds is 4. The molecule has 3 N–H and O–H groups in total. The number of aryl methyl sites for hydroxylation is 1. The van der Waals surface area contributed by atoms with Crippen LogP contribution in [0.3, 0.4) is 0 Å². The van der Waals surface area contributed by atoms with E-state index in [1.54, 1.807) is 12.1 Å². The van der Waals surface area contributed by atoms with Crippen LogP contribution in [0.2, 0.25) is 0 Å². The maximum atomic E-state index is 13.1. The molecule has 0 bridgehead atoms. The molecule has 3 heterocycles. The SMILES string of the molecule is COc1ccc(C)cc1NC(=O)C1CC(=O)Nc2nc(N3CCC(C)CC3)[nH]c(=O)c21. The van der Waals surface area contributed by atoms with Gasteiger partial charge in [-0.15, -0.1) is 0 Å². The highest BCUT2D eigenvalue weighted by Crippen LogP contribution is 2.32. The Bertz CT molecular complexity index is 1070. The molecule has 0 radical (unpaired) electrons. The van der Waals surface area contributed by atoms with E-state index in [0.717, 1.165) is 31.5 Å². The van der Waals surface area contributed by atoms with E-state index in [0.29, 0.717) is 23.3 Å². The maximum absolute atomic E-state index is 13.1. The Balaban J connectivity index is 1.64. The number of nitrogens with one attached hydrogen (secondary N) is 3. The zero-order valence-corrected chi connectivity index (χ0v) is 17.9. The fourth-order valence-corrected chi connectivity index (χ4v) is 4.09. The summed E-state index contributed by atoms with van der Waals surface area (Å²) in [6, 6.07) is 5.41. The largest absolute Gasteiger partial charge is 0.495 e. The topological polar surface area (TPSA) is 116 Å². The number of hydrogen-bond donors (Lipinski definition) is 3. The number of benzene rings is 1. The summed E-state index contributed by atoms with van der Waals surface area (Å²) in [7, 11) is 1.52. The van der Waals surface area contributed by atoms with Crippen molar-refractivity contribution in [2.24, 2.45) is 5.92 Å². The lowest BCUT2D eigenvalue weighted by Crippen LogP contribution is -2.39. The molecule has 4 rings (SSSR count). The fraction of sp³-hybridized carbons (Fsp3) is 0.455. The van der Waals surface area contributed by atoms with Crippen LogP contribution in [0.1, 0.15) is 43.2 Å². The second kappa shape index (κ2) is 8.41. The molecule has 1 saturated heterocycles. The van der Waals surface area contributed by atoms with Crippen molar-refractivity contribution in [2.75, 3.05) is 35.7 Å². The second-order valence-corrected chi connectivity index (χ2v) is 8.32. The molecule has 1 fully saturated rings. The molecule has 2 amide bonds. The Morgan fingerprint density at radius 3 is 2.71 bits per heavy atom. The maximum Gasteiger partial charge on any atom is 0.258 e. The number of aromatic amines is 1. The van der Waals surface area contributed by atoms with Crippen molar-refractivity contribution in [3.63, 3.8) is 0 Å². The van der Waals surface area contributed by atoms with Crippen LogP contribution in [0, 0.1) is 12.8 Å². The molecule has 1 aromatic heterocycles. The number of ether oxygens (including phenoxy) is 1. The van der Waals surface area contributed by atoms with Crippen LogP contribution in [0.15, 0.2) is 23.0 Å². The van der Waals surface area contributed by atoms with Gasteiger partial charge in [-0.25, -0.2) is 0 Å². The zero-order valence-electron chi connectivity index (χ0n) is 17.9. The summed E-state index contributed by atoms with van der Waals surface area (Å²) in [4.78, 5) is 47.7. The van der Waals surface area contributed by atoms with Crippen molar-refractivity contribution in [1.29, 1.82) is 0 Å². The minimum atomic E-state index is -0.944. The Kier molecular flexibility index (Phi) is 5.67. The first kappa shape index (κ1) is 20.9. The molecule has 1 aromatic carbocycles. The number of piperidine rings is 1. The van der Waals surface area contributed by atoms with Crippen LogP contribution in [0.25, 0.3) is 0 Å². The quantitative estimate of drug-likeness (QED) is 0.693. The molecule has 9 heteroatoms. The summed E-state index contributed by atoms with van der Waals surface area (Å²) >= 11 is 0. The number of carbonyl (C=O) groups excluding carboxylic acids is 2. The van der Waals surface area contributed by atoms with Gasteiger partial charge in [0.2, 0.25) is 17.8 Å². The van der Waals surface area contributed by atoms with Crippen LogP contribution in [-0.2, 0) is 9.59 Å². The van der Waals surface area contributed by atoms with Gasteiger partial charge in [-0.3, -0.25) is 19.4 Å². The van der Waals surface area contributed by atoms with Gasteiger partial charge in [-0.05, 0) is 43.4 Å². The first-order chi connectivity index (χ1) is 14.9. The molecule has 2 aromatic rings. The number of carbonyl (C=O) groups is 2. The highest BCUT2D eigenvalue weighted by molar-refractivity contribution is 6.05. The van der Waals surface area contributed by atoms with Crippen molar-refractivity contribution >= 4 is 29.3 Å². The Morgan fingerprint density at radius 2 is 2.00 bits per heavy atom. The lowest BCUT2D eigenvalue weighted by Gasteiger charge is -2.31. The monoisotopic (exact) mass is 425 g/mol. The van der Waals surface area contributed by atoms with Crippen molar-refractivity contribution in [3.05, 3.63) is 39.7 Å². The summed E-state index contributed by atoms with van der Waals surface area (Å²) in [6.07, 6.45) is 1.89. The number of amides is 2. The van der Waals surface area contributed by atoms with Gasteiger partial charge in [-0.1, -0.05) is 13.0 Å². The number of hydrogen-bond acceptors (Lipinski definition) is 6. The molecule has 0 spiro atoms. The van der Waals surface area contributed by atoms with E-state index in [-0.39, 0.29) is 23.7 Å². The number of nitrogens with zero attached hydrogens (tertiary/aromatic N) is 2. The average Bonchev–Trinajstić information content (AvgIpc) is 2.73. The Hall–Kier alpha value is -3.36.